The second-order valence-electron chi connectivity index (χ2n) is 7.02. The van der Waals surface area contributed by atoms with Crippen molar-refractivity contribution >= 4 is 16.7 Å². The van der Waals surface area contributed by atoms with E-state index in [1.807, 2.05) is 0 Å². The number of alkyl halides is 4. The molecule has 0 bridgehead atoms. The largest absolute Gasteiger partial charge is 0.378 e. The van der Waals surface area contributed by atoms with Crippen LogP contribution in [0.1, 0.15) is 36.7 Å². The zero-order chi connectivity index (χ0) is 21.6. The minimum atomic E-state index is -3.02. The van der Waals surface area contributed by atoms with Crippen molar-refractivity contribution < 1.29 is 26.8 Å². The number of aromatic nitrogens is 3. The van der Waals surface area contributed by atoms with Gasteiger partial charge in [-0.3, -0.25) is 4.79 Å². The molecule has 30 heavy (non-hydrogen) atoms. The van der Waals surface area contributed by atoms with Gasteiger partial charge >= 0.3 is 0 Å². The molecular formula is C19H15F5N4O2. The van der Waals surface area contributed by atoms with Crippen LogP contribution in [0.2, 0.25) is 0 Å². The van der Waals surface area contributed by atoms with E-state index in [4.69, 9.17) is 4.84 Å². The van der Waals surface area contributed by atoms with Crippen LogP contribution in [-0.4, -0.2) is 20.5 Å². The number of nitrogens with one attached hydrogen (secondary N) is 1. The molecule has 2 aromatic heterocycles. The quantitative estimate of drug-likeness (QED) is 0.479. The maximum atomic E-state index is 14.2. The van der Waals surface area contributed by atoms with Gasteiger partial charge in [0.1, 0.15) is 5.82 Å². The number of hydrogen-bond donors (Lipinski definition) is 1. The Kier molecular flexibility index (Phi) is 4.83. The van der Waals surface area contributed by atoms with Crippen LogP contribution in [0, 0.1) is 12.7 Å². The summed E-state index contributed by atoms with van der Waals surface area (Å²) in [5, 5.41) is 0.265. The fourth-order valence-corrected chi connectivity index (χ4v) is 3.30. The average molecular weight is 426 g/mol. The maximum absolute atomic E-state index is 14.2. The number of hydrogen-bond acceptors (Lipinski definition) is 5. The van der Waals surface area contributed by atoms with Gasteiger partial charge in [-0.05, 0) is 13.0 Å². The summed E-state index contributed by atoms with van der Waals surface area (Å²) in [5.74, 6) is -4.25. The summed E-state index contributed by atoms with van der Waals surface area (Å²) in [6, 6.07) is 3.80. The summed E-state index contributed by atoms with van der Waals surface area (Å²) in [7, 11) is 0. The lowest BCUT2D eigenvalue weighted by atomic mass is 9.88. The summed E-state index contributed by atoms with van der Waals surface area (Å²) >= 11 is 0. The summed E-state index contributed by atoms with van der Waals surface area (Å²) in [6.45, 7) is 1.54. The van der Waals surface area contributed by atoms with E-state index >= 15 is 0 Å². The second kappa shape index (κ2) is 7.22. The first kappa shape index (κ1) is 20.0. The Bertz CT molecular complexity index is 1170. The first-order valence-electron chi connectivity index (χ1n) is 8.92. The molecule has 0 saturated heterocycles. The lowest BCUT2D eigenvalue weighted by Gasteiger charge is -2.36. The fourth-order valence-electron chi connectivity index (χ4n) is 3.30. The SMILES string of the molecule is Cc1nc(NOc2cccc(C(F)F)c2F)c2cn(C3CC(F)(F)C3)c(=O)cc2n1. The van der Waals surface area contributed by atoms with Crippen LogP contribution < -0.4 is 15.9 Å². The minimum absolute atomic E-state index is 0.0270. The van der Waals surface area contributed by atoms with E-state index in [1.165, 1.54) is 22.9 Å². The lowest BCUT2D eigenvalue weighted by Crippen LogP contribution is -2.40. The molecule has 4 rings (SSSR count). The van der Waals surface area contributed by atoms with E-state index in [2.05, 4.69) is 15.4 Å². The Morgan fingerprint density at radius 1 is 1.27 bits per heavy atom. The monoisotopic (exact) mass is 426 g/mol. The molecule has 1 fully saturated rings. The zero-order valence-electron chi connectivity index (χ0n) is 15.5. The Balaban J connectivity index is 1.69. The van der Waals surface area contributed by atoms with Crippen molar-refractivity contribution in [3.8, 4) is 5.75 Å². The summed E-state index contributed by atoms with van der Waals surface area (Å²) < 4.78 is 67.5. The number of pyridine rings is 1. The van der Waals surface area contributed by atoms with Crippen molar-refractivity contribution in [1.82, 2.24) is 14.5 Å². The Labute approximate surface area is 166 Å². The van der Waals surface area contributed by atoms with Gasteiger partial charge in [-0.2, -0.15) is 0 Å². The van der Waals surface area contributed by atoms with Gasteiger partial charge in [-0.15, -0.1) is 0 Å². The van der Waals surface area contributed by atoms with Crippen LogP contribution in [0.3, 0.4) is 0 Å². The molecule has 0 unspecified atom stereocenters. The van der Waals surface area contributed by atoms with E-state index in [-0.39, 0.29) is 22.5 Å². The highest BCUT2D eigenvalue weighted by Gasteiger charge is 2.46. The Hall–Kier alpha value is -3.24. The minimum Gasteiger partial charge on any atom is -0.378 e. The molecule has 3 aromatic rings. The second-order valence-corrected chi connectivity index (χ2v) is 7.02. The lowest BCUT2D eigenvalue weighted by molar-refractivity contribution is -0.104. The zero-order valence-corrected chi connectivity index (χ0v) is 15.5. The highest BCUT2D eigenvalue weighted by atomic mass is 19.3. The Morgan fingerprint density at radius 3 is 2.67 bits per heavy atom. The molecule has 0 radical (unpaired) electrons. The van der Waals surface area contributed by atoms with Crippen LogP contribution in [0.25, 0.3) is 10.9 Å². The summed E-state index contributed by atoms with van der Waals surface area (Å²) in [6.07, 6.45) is -2.62. The molecule has 1 saturated carbocycles. The van der Waals surface area contributed by atoms with Gasteiger partial charge in [0.25, 0.3) is 17.9 Å². The van der Waals surface area contributed by atoms with Crippen LogP contribution in [0.5, 0.6) is 5.75 Å². The molecule has 158 valence electrons. The third-order valence-corrected chi connectivity index (χ3v) is 4.82. The van der Waals surface area contributed by atoms with Gasteiger partial charge in [-0.1, -0.05) is 12.1 Å². The highest BCUT2D eigenvalue weighted by Crippen LogP contribution is 2.45. The number of rotatable bonds is 5. The van der Waals surface area contributed by atoms with Gasteiger partial charge in [0.2, 0.25) is 0 Å². The predicted molar refractivity (Wildman–Crippen MR) is 97.4 cm³/mol. The van der Waals surface area contributed by atoms with Crippen LogP contribution in [0.4, 0.5) is 27.8 Å². The van der Waals surface area contributed by atoms with Crippen molar-refractivity contribution in [2.24, 2.45) is 0 Å². The fraction of sp³-hybridized carbons (Fsp3) is 0.316. The maximum Gasteiger partial charge on any atom is 0.266 e. The van der Waals surface area contributed by atoms with E-state index in [0.29, 0.717) is 0 Å². The molecule has 0 atom stereocenters. The standard InChI is InChI=1S/C19H15F5N4O2/c1-9-25-13-5-15(29)28(10-6-19(23,24)7-10)8-12(13)18(26-9)27-30-14-4-2-3-11(16(14)20)17(21)22/h2-5,8,10,17H,6-7H2,1H3,(H,25,26,27). The third kappa shape index (κ3) is 3.66. The van der Waals surface area contributed by atoms with Gasteiger partial charge in [-0.25, -0.2) is 37.4 Å². The first-order valence-corrected chi connectivity index (χ1v) is 8.92. The number of aryl methyl sites for hydroxylation is 1. The van der Waals surface area contributed by atoms with Crippen molar-refractivity contribution in [3.05, 3.63) is 58.0 Å². The molecule has 0 amide bonds. The molecule has 11 heteroatoms. The molecule has 1 N–H and O–H groups in total. The highest BCUT2D eigenvalue weighted by molar-refractivity contribution is 5.88. The average Bonchev–Trinajstić information content (AvgIpc) is 2.64. The van der Waals surface area contributed by atoms with Gasteiger partial charge in [0.05, 0.1) is 16.5 Å². The van der Waals surface area contributed by atoms with Gasteiger partial charge in [0, 0.05) is 31.1 Å². The molecule has 1 aromatic carbocycles. The van der Waals surface area contributed by atoms with E-state index in [9.17, 15) is 26.7 Å². The van der Waals surface area contributed by atoms with Crippen molar-refractivity contribution in [2.45, 2.75) is 38.2 Å². The summed E-state index contributed by atoms with van der Waals surface area (Å²) in [4.78, 5) is 25.7. The summed E-state index contributed by atoms with van der Waals surface area (Å²) in [5.41, 5.74) is 1.30. The Morgan fingerprint density at radius 2 is 2.00 bits per heavy atom. The predicted octanol–water partition coefficient (Wildman–Crippen LogP) is 4.55. The molecular weight excluding hydrogens is 411 g/mol. The molecule has 6 nitrogen and oxygen atoms in total. The van der Waals surface area contributed by atoms with Gasteiger partial charge in [0.15, 0.2) is 17.4 Å². The van der Waals surface area contributed by atoms with Crippen LogP contribution in [0.15, 0.2) is 35.3 Å². The molecule has 0 aliphatic heterocycles. The van der Waals surface area contributed by atoms with E-state index < -0.39 is 53.9 Å². The van der Waals surface area contributed by atoms with Crippen molar-refractivity contribution in [1.29, 1.82) is 0 Å². The van der Waals surface area contributed by atoms with Crippen LogP contribution in [-0.2, 0) is 0 Å². The van der Waals surface area contributed by atoms with E-state index in [0.717, 1.165) is 12.1 Å². The number of nitrogens with zero attached hydrogens (tertiary/aromatic N) is 3. The first-order chi connectivity index (χ1) is 14.1. The van der Waals surface area contributed by atoms with Gasteiger partial charge < -0.3 is 9.40 Å². The number of anilines is 1. The topological polar surface area (TPSA) is 69.0 Å². The van der Waals surface area contributed by atoms with Crippen LogP contribution >= 0.6 is 0 Å². The van der Waals surface area contributed by atoms with E-state index in [1.54, 1.807) is 6.92 Å². The molecule has 1 aliphatic carbocycles. The number of benzene rings is 1. The molecule has 0 spiro atoms. The number of halogens is 5. The molecule has 2 heterocycles. The third-order valence-electron chi connectivity index (χ3n) is 4.82. The molecule has 1 aliphatic rings. The normalized spacial score (nSPS) is 16.0. The smallest absolute Gasteiger partial charge is 0.266 e. The van der Waals surface area contributed by atoms with Crippen molar-refractivity contribution in [3.63, 3.8) is 0 Å². The van der Waals surface area contributed by atoms with Crippen molar-refractivity contribution in [2.75, 3.05) is 5.48 Å². The number of fused-ring (bicyclic) bond motifs is 1.